The first-order chi connectivity index (χ1) is 8.69. The van der Waals surface area contributed by atoms with Gasteiger partial charge < -0.3 is 15.3 Å². The van der Waals surface area contributed by atoms with Gasteiger partial charge in [0, 0.05) is 19.0 Å². The Kier molecular flexibility index (Phi) is 3.32. The molecule has 2 aliphatic heterocycles. The molecule has 0 radical (unpaired) electrons. The molecule has 3 fully saturated rings. The van der Waals surface area contributed by atoms with E-state index in [4.69, 9.17) is 0 Å². The van der Waals surface area contributed by atoms with E-state index in [2.05, 4.69) is 5.32 Å². The van der Waals surface area contributed by atoms with Crippen LogP contribution in [0.15, 0.2) is 0 Å². The average molecular weight is 252 g/mol. The summed E-state index contributed by atoms with van der Waals surface area (Å²) >= 11 is 0. The summed E-state index contributed by atoms with van der Waals surface area (Å²) in [6.45, 7) is 2.48. The fourth-order valence-corrected chi connectivity index (χ4v) is 3.89. The molecular formula is C14H24N2O2. The molecule has 3 aliphatic rings. The molecule has 2 saturated heterocycles. The smallest absolute Gasteiger partial charge is 0.239 e. The number of amides is 1. The Bertz CT molecular complexity index is 328. The van der Waals surface area contributed by atoms with Crippen LogP contribution in [0.3, 0.4) is 0 Å². The van der Waals surface area contributed by atoms with E-state index < -0.39 is 5.60 Å². The fraction of sp³-hybridized carbons (Fsp3) is 0.929. The van der Waals surface area contributed by atoms with Gasteiger partial charge in [-0.3, -0.25) is 4.79 Å². The highest BCUT2D eigenvalue weighted by Crippen LogP contribution is 2.39. The zero-order valence-electron chi connectivity index (χ0n) is 11.0. The largest absolute Gasteiger partial charge is 0.389 e. The molecule has 0 spiro atoms. The third-order valence-electron chi connectivity index (χ3n) is 5.10. The second-order valence-electron chi connectivity index (χ2n) is 6.23. The molecule has 3 atom stereocenters. The summed E-state index contributed by atoms with van der Waals surface area (Å²) in [6, 6.07) is 0.0415. The number of aliphatic hydroxyl groups is 1. The Balaban J connectivity index is 1.64. The van der Waals surface area contributed by atoms with Gasteiger partial charge in [-0.2, -0.15) is 0 Å². The molecule has 2 N–H and O–H groups in total. The fourth-order valence-electron chi connectivity index (χ4n) is 3.89. The highest BCUT2D eigenvalue weighted by Gasteiger charge is 2.44. The van der Waals surface area contributed by atoms with Crippen molar-refractivity contribution in [1.82, 2.24) is 10.2 Å². The SMILES string of the molecule is O=C(C1CCCN1)N1CCC2(O)CCCCC2C1. The molecule has 0 bridgehead atoms. The van der Waals surface area contributed by atoms with Crippen molar-refractivity contribution in [3.63, 3.8) is 0 Å². The van der Waals surface area contributed by atoms with E-state index in [0.29, 0.717) is 5.92 Å². The molecule has 2 heterocycles. The molecule has 0 aromatic heterocycles. The van der Waals surface area contributed by atoms with E-state index in [9.17, 15) is 9.90 Å². The quantitative estimate of drug-likeness (QED) is 0.729. The van der Waals surface area contributed by atoms with Crippen molar-refractivity contribution in [3.8, 4) is 0 Å². The molecule has 3 rings (SSSR count). The monoisotopic (exact) mass is 252 g/mol. The number of nitrogens with one attached hydrogen (secondary N) is 1. The van der Waals surface area contributed by atoms with Crippen molar-refractivity contribution in [2.75, 3.05) is 19.6 Å². The maximum atomic E-state index is 12.4. The Morgan fingerprint density at radius 3 is 2.89 bits per heavy atom. The first kappa shape index (κ1) is 12.4. The summed E-state index contributed by atoms with van der Waals surface area (Å²) in [7, 11) is 0. The minimum atomic E-state index is -0.474. The van der Waals surface area contributed by atoms with E-state index >= 15 is 0 Å². The first-order valence-corrected chi connectivity index (χ1v) is 7.44. The predicted octanol–water partition coefficient (Wildman–Crippen LogP) is 0.892. The van der Waals surface area contributed by atoms with Crippen molar-refractivity contribution in [2.45, 2.75) is 56.6 Å². The Morgan fingerprint density at radius 1 is 1.22 bits per heavy atom. The van der Waals surface area contributed by atoms with Crippen LogP contribution in [-0.2, 0) is 4.79 Å². The van der Waals surface area contributed by atoms with Gasteiger partial charge >= 0.3 is 0 Å². The summed E-state index contributed by atoms with van der Waals surface area (Å²) in [5.74, 6) is 0.575. The molecule has 1 aliphatic carbocycles. The van der Waals surface area contributed by atoms with Crippen LogP contribution in [0.2, 0.25) is 0 Å². The van der Waals surface area contributed by atoms with Gasteiger partial charge in [0.2, 0.25) is 5.91 Å². The number of fused-ring (bicyclic) bond motifs is 1. The lowest BCUT2D eigenvalue weighted by Crippen LogP contribution is -2.57. The van der Waals surface area contributed by atoms with E-state index in [1.165, 1.54) is 6.42 Å². The number of carbonyl (C=O) groups excluding carboxylic acids is 1. The Labute approximate surface area is 109 Å². The van der Waals surface area contributed by atoms with Crippen LogP contribution in [0.25, 0.3) is 0 Å². The van der Waals surface area contributed by atoms with Crippen molar-refractivity contribution < 1.29 is 9.90 Å². The number of hydrogen-bond acceptors (Lipinski definition) is 3. The number of likely N-dealkylation sites (tertiary alicyclic amines) is 1. The van der Waals surface area contributed by atoms with Crippen LogP contribution >= 0.6 is 0 Å². The van der Waals surface area contributed by atoms with Crippen LogP contribution in [0.1, 0.15) is 44.9 Å². The molecular weight excluding hydrogens is 228 g/mol. The summed E-state index contributed by atoms with van der Waals surface area (Å²) < 4.78 is 0. The molecule has 102 valence electrons. The van der Waals surface area contributed by atoms with Crippen molar-refractivity contribution >= 4 is 5.91 Å². The number of nitrogens with zero attached hydrogens (tertiary/aromatic N) is 1. The second-order valence-corrected chi connectivity index (χ2v) is 6.23. The maximum Gasteiger partial charge on any atom is 0.239 e. The van der Waals surface area contributed by atoms with E-state index in [1.807, 2.05) is 4.90 Å². The van der Waals surface area contributed by atoms with Gasteiger partial charge in [-0.15, -0.1) is 0 Å². The average Bonchev–Trinajstić information content (AvgIpc) is 2.90. The molecule has 0 aromatic rings. The minimum absolute atomic E-state index is 0.0415. The van der Waals surface area contributed by atoms with Gasteiger partial charge in [0.05, 0.1) is 11.6 Å². The van der Waals surface area contributed by atoms with Crippen LogP contribution in [0, 0.1) is 5.92 Å². The van der Waals surface area contributed by atoms with Gasteiger partial charge in [0.15, 0.2) is 0 Å². The molecule has 1 saturated carbocycles. The van der Waals surface area contributed by atoms with Crippen LogP contribution in [0.5, 0.6) is 0 Å². The number of carbonyl (C=O) groups is 1. The van der Waals surface area contributed by atoms with Crippen LogP contribution in [-0.4, -0.2) is 47.2 Å². The van der Waals surface area contributed by atoms with E-state index in [1.54, 1.807) is 0 Å². The first-order valence-electron chi connectivity index (χ1n) is 7.44. The van der Waals surface area contributed by atoms with E-state index in [0.717, 1.165) is 58.2 Å². The normalized spacial score (nSPS) is 40.6. The maximum absolute atomic E-state index is 12.4. The zero-order valence-corrected chi connectivity index (χ0v) is 11.0. The Hall–Kier alpha value is -0.610. The van der Waals surface area contributed by atoms with Gasteiger partial charge in [0.1, 0.15) is 0 Å². The summed E-state index contributed by atoms with van der Waals surface area (Å²) in [5, 5.41) is 13.9. The molecule has 1 amide bonds. The molecule has 4 nitrogen and oxygen atoms in total. The summed E-state index contributed by atoms with van der Waals surface area (Å²) in [4.78, 5) is 14.4. The summed E-state index contributed by atoms with van der Waals surface area (Å²) in [6.07, 6.45) is 7.22. The van der Waals surface area contributed by atoms with Crippen molar-refractivity contribution in [3.05, 3.63) is 0 Å². The highest BCUT2D eigenvalue weighted by atomic mass is 16.3. The minimum Gasteiger partial charge on any atom is -0.389 e. The molecule has 18 heavy (non-hydrogen) atoms. The molecule has 4 heteroatoms. The van der Waals surface area contributed by atoms with E-state index in [-0.39, 0.29) is 11.9 Å². The van der Waals surface area contributed by atoms with Crippen molar-refractivity contribution in [2.24, 2.45) is 5.92 Å². The molecule has 0 aromatic carbocycles. The van der Waals surface area contributed by atoms with Gasteiger partial charge in [0.25, 0.3) is 0 Å². The zero-order chi connectivity index (χ0) is 12.6. The lowest BCUT2D eigenvalue weighted by molar-refractivity contribution is -0.145. The Morgan fingerprint density at radius 2 is 2.11 bits per heavy atom. The lowest BCUT2D eigenvalue weighted by atomic mass is 9.71. The number of hydrogen-bond donors (Lipinski definition) is 2. The van der Waals surface area contributed by atoms with Gasteiger partial charge in [-0.25, -0.2) is 0 Å². The topological polar surface area (TPSA) is 52.6 Å². The summed E-state index contributed by atoms with van der Waals surface area (Å²) in [5.41, 5.74) is -0.474. The van der Waals surface area contributed by atoms with Gasteiger partial charge in [-0.1, -0.05) is 12.8 Å². The third-order valence-corrected chi connectivity index (χ3v) is 5.10. The van der Waals surface area contributed by atoms with Crippen LogP contribution < -0.4 is 5.32 Å². The second kappa shape index (κ2) is 4.82. The van der Waals surface area contributed by atoms with Crippen LogP contribution in [0.4, 0.5) is 0 Å². The lowest BCUT2D eigenvalue weighted by Gasteiger charge is -2.47. The third kappa shape index (κ3) is 2.16. The number of rotatable bonds is 1. The molecule has 3 unspecified atom stereocenters. The van der Waals surface area contributed by atoms with Crippen molar-refractivity contribution in [1.29, 1.82) is 0 Å². The van der Waals surface area contributed by atoms with Gasteiger partial charge in [-0.05, 0) is 38.6 Å². The number of piperidine rings is 1. The predicted molar refractivity (Wildman–Crippen MR) is 69.1 cm³/mol. The highest BCUT2D eigenvalue weighted by molar-refractivity contribution is 5.82. The standard InChI is InChI=1S/C14H24N2O2/c17-13(12-5-3-8-15-12)16-9-7-14(18)6-2-1-4-11(14)10-16/h11-12,15,18H,1-10H2.